The van der Waals surface area contributed by atoms with Crippen LogP contribution in [0.1, 0.15) is 39.5 Å². The molecule has 0 saturated carbocycles. The molecule has 0 amide bonds. The molecule has 0 spiro atoms. The zero-order valence-corrected chi connectivity index (χ0v) is 22.1. The Labute approximate surface area is 224 Å². The van der Waals surface area contributed by atoms with Gasteiger partial charge in [-0.15, -0.1) is 5.10 Å². The molecule has 6 rings (SSSR count). The second-order valence-electron chi connectivity index (χ2n) is 9.15. The minimum absolute atomic E-state index is 0.0276. The summed E-state index contributed by atoms with van der Waals surface area (Å²) in [6.45, 7) is 0. The van der Waals surface area contributed by atoms with Crippen molar-refractivity contribution in [2.24, 2.45) is 0 Å². The maximum Gasteiger partial charge on any atom is 0.253 e. The third kappa shape index (κ3) is 4.32. The number of methoxy groups -OCH3 is 3. The number of ether oxygens (including phenoxy) is 3. The van der Waals surface area contributed by atoms with Crippen molar-refractivity contribution in [3.63, 3.8) is 0 Å². The van der Waals surface area contributed by atoms with Crippen molar-refractivity contribution in [1.82, 2.24) is 19.6 Å². The van der Waals surface area contributed by atoms with Crippen molar-refractivity contribution in [1.29, 1.82) is 0 Å². The lowest BCUT2D eigenvalue weighted by molar-refractivity contribution is 0.0962. The van der Waals surface area contributed by atoms with Gasteiger partial charge in [-0.25, -0.2) is 9.50 Å². The summed E-state index contributed by atoms with van der Waals surface area (Å²) in [5.41, 5.74) is 3.48. The van der Waals surface area contributed by atoms with Gasteiger partial charge in [0.2, 0.25) is 10.9 Å². The quantitative estimate of drug-likeness (QED) is 0.257. The number of nitrogens with zero attached hydrogens (tertiary/aromatic N) is 4. The molecular formula is C29H26N4O4S. The van der Waals surface area contributed by atoms with Crippen LogP contribution in [0.3, 0.4) is 0 Å². The predicted molar refractivity (Wildman–Crippen MR) is 146 cm³/mol. The van der Waals surface area contributed by atoms with Crippen molar-refractivity contribution in [3.05, 3.63) is 83.2 Å². The van der Waals surface area contributed by atoms with Crippen LogP contribution < -0.4 is 14.2 Å². The smallest absolute Gasteiger partial charge is 0.253 e. The molecule has 0 bridgehead atoms. The fourth-order valence-electron chi connectivity index (χ4n) is 5.06. The monoisotopic (exact) mass is 526 g/mol. The van der Waals surface area contributed by atoms with Gasteiger partial charge in [-0.3, -0.25) is 4.79 Å². The molecular weight excluding hydrogens is 500 g/mol. The van der Waals surface area contributed by atoms with Crippen LogP contribution in [0.5, 0.6) is 17.2 Å². The van der Waals surface area contributed by atoms with Crippen LogP contribution in [-0.4, -0.2) is 46.7 Å². The summed E-state index contributed by atoms with van der Waals surface area (Å²) >= 11 is 1.56. The van der Waals surface area contributed by atoms with Gasteiger partial charge in [0.1, 0.15) is 0 Å². The molecule has 1 aliphatic carbocycles. The fraction of sp³-hybridized carbons (Fsp3) is 0.241. The third-order valence-corrected chi connectivity index (χ3v) is 7.84. The van der Waals surface area contributed by atoms with Crippen LogP contribution in [0.4, 0.5) is 0 Å². The summed E-state index contributed by atoms with van der Waals surface area (Å²) in [7, 11) is 4.74. The average Bonchev–Trinajstić information content (AvgIpc) is 3.35. The number of ketones is 1. The summed E-state index contributed by atoms with van der Waals surface area (Å²) < 4.78 is 18.1. The van der Waals surface area contributed by atoms with Gasteiger partial charge in [0, 0.05) is 18.4 Å². The largest absolute Gasteiger partial charge is 0.493 e. The Morgan fingerprint density at radius 1 is 0.947 bits per heavy atom. The summed E-state index contributed by atoms with van der Waals surface area (Å²) in [6, 6.07) is 18.5. The number of hydrogen-bond donors (Lipinski definition) is 0. The van der Waals surface area contributed by atoms with Crippen LogP contribution in [0.15, 0.2) is 66.0 Å². The maximum absolute atomic E-state index is 13.2. The highest BCUT2D eigenvalue weighted by Crippen LogP contribution is 2.42. The van der Waals surface area contributed by atoms with Gasteiger partial charge in [0.25, 0.3) is 5.78 Å². The molecule has 3 aromatic carbocycles. The first-order valence-corrected chi connectivity index (χ1v) is 13.3. The lowest BCUT2D eigenvalue weighted by Gasteiger charge is -2.24. The van der Waals surface area contributed by atoms with E-state index in [-0.39, 0.29) is 11.7 Å². The summed E-state index contributed by atoms with van der Waals surface area (Å²) in [5, 5.41) is 7.66. The Morgan fingerprint density at radius 2 is 1.71 bits per heavy atom. The molecule has 0 aliphatic heterocycles. The van der Waals surface area contributed by atoms with Gasteiger partial charge in [0.05, 0.1) is 32.6 Å². The highest BCUT2D eigenvalue weighted by molar-refractivity contribution is 7.98. The molecule has 0 saturated heterocycles. The van der Waals surface area contributed by atoms with E-state index >= 15 is 0 Å². The maximum atomic E-state index is 13.2. The number of carbonyl (C=O) groups excluding carboxylic acids is 1. The summed E-state index contributed by atoms with van der Waals surface area (Å²) in [4.78, 5) is 22.6. The van der Waals surface area contributed by atoms with Crippen LogP contribution in [-0.2, 0) is 12.2 Å². The molecule has 0 fully saturated rings. The summed E-state index contributed by atoms with van der Waals surface area (Å²) in [5.74, 6) is 2.84. The zero-order valence-electron chi connectivity index (χ0n) is 21.3. The fourth-order valence-corrected chi connectivity index (χ4v) is 5.89. The molecule has 1 atom stereocenters. The molecule has 38 heavy (non-hydrogen) atoms. The van der Waals surface area contributed by atoms with Crippen molar-refractivity contribution < 1.29 is 19.0 Å². The first-order valence-electron chi connectivity index (χ1n) is 12.3. The van der Waals surface area contributed by atoms with Crippen LogP contribution in [0.25, 0.3) is 16.6 Å². The topological polar surface area (TPSA) is 87.8 Å². The molecule has 9 heteroatoms. The number of Topliss-reactive ketones (excluding diaryl/α,β-unsaturated/α-hetero) is 1. The average molecular weight is 527 g/mol. The number of rotatable bonds is 7. The van der Waals surface area contributed by atoms with E-state index in [1.54, 1.807) is 43.8 Å². The Balaban J connectivity index is 1.28. The second-order valence-corrected chi connectivity index (χ2v) is 10.1. The van der Waals surface area contributed by atoms with E-state index in [2.05, 4.69) is 46.5 Å². The van der Waals surface area contributed by atoms with Crippen molar-refractivity contribution in [2.75, 3.05) is 21.3 Å². The SMILES string of the molecule is COc1cc([C@@H]2CC(=O)c3cn4nc(SCc5cccc6ccccc56)nc4nc3C2)cc(OC)c1OC. The number of carbonyl (C=O) groups is 1. The molecule has 0 N–H and O–H groups in total. The number of benzene rings is 3. The third-order valence-electron chi connectivity index (χ3n) is 6.96. The lowest BCUT2D eigenvalue weighted by Crippen LogP contribution is -2.21. The minimum Gasteiger partial charge on any atom is -0.493 e. The van der Waals surface area contributed by atoms with Gasteiger partial charge in [-0.1, -0.05) is 54.2 Å². The van der Waals surface area contributed by atoms with Gasteiger partial charge >= 0.3 is 0 Å². The van der Waals surface area contributed by atoms with Crippen molar-refractivity contribution in [2.45, 2.75) is 29.7 Å². The molecule has 2 heterocycles. The molecule has 0 unspecified atom stereocenters. The van der Waals surface area contributed by atoms with E-state index in [1.165, 1.54) is 16.3 Å². The highest BCUT2D eigenvalue weighted by atomic mass is 32.2. The number of thioether (sulfide) groups is 1. The first kappa shape index (κ1) is 24.2. The van der Waals surface area contributed by atoms with Gasteiger partial charge in [0.15, 0.2) is 17.3 Å². The molecule has 1 aliphatic rings. The Morgan fingerprint density at radius 3 is 2.47 bits per heavy atom. The number of hydrogen-bond acceptors (Lipinski definition) is 8. The highest BCUT2D eigenvalue weighted by Gasteiger charge is 2.30. The van der Waals surface area contributed by atoms with Crippen LogP contribution >= 0.6 is 11.8 Å². The Hall–Kier alpha value is -4.11. The Bertz CT molecular complexity index is 1650. The lowest BCUT2D eigenvalue weighted by atomic mass is 9.82. The van der Waals surface area contributed by atoms with E-state index in [1.807, 2.05) is 18.2 Å². The molecule has 0 radical (unpaired) electrons. The molecule has 8 nitrogen and oxygen atoms in total. The normalized spacial score (nSPS) is 15.0. The number of fused-ring (bicyclic) bond motifs is 3. The summed E-state index contributed by atoms with van der Waals surface area (Å²) in [6.07, 6.45) is 2.72. The van der Waals surface area contributed by atoms with Gasteiger partial charge in [-0.2, -0.15) is 4.98 Å². The number of aromatic nitrogens is 4. The van der Waals surface area contributed by atoms with Crippen molar-refractivity contribution >= 4 is 34.1 Å². The van der Waals surface area contributed by atoms with E-state index in [0.717, 1.165) is 17.0 Å². The van der Waals surface area contributed by atoms with E-state index < -0.39 is 0 Å². The van der Waals surface area contributed by atoms with Gasteiger partial charge in [-0.05, 0) is 46.4 Å². The van der Waals surface area contributed by atoms with E-state index in [9.17, 15) is 4.79 Å². The van der Waals surface area contributed by atoms with Crippen LogP contribution in [0.2, 0.25) is 0 Å². The van der Waals surface area contributed by atoms with Crippen molar-refractivity contribution in [3.8, 4) is 17.2 Å². The zero-order chi connectivity index (χ0) is 26.2. The molecule has 2 aromatic heterocycles. The predicted octanol–water partition coefficient (Wildman–Crippen LogP) is 5.51. The second kappa shape index (κ2) is 9.98. The van der Waals surface area contributed by atoms with Gasteiger partial charge < -0.3 is 14.2 Å². The van der Waals surface area contributed by atoms with Crippen LogP contribution in [0, 0.1) is 0 Å². The standard InChI is InChI=1S/C29H26N4O4S/c1-35-25-13-20(14-26(36-2)27(25)37-3)19-11-23-22(24(34)12-19)15-33-28(30-23)31-29(32-33)38-16-18-9-6-8-17-7-4-5-10-21(17)18/h4-10,13-15,19H,11-12,16H2,1-3H3/t19-/m0/s1. The minimum atomic E-state index is -0.0678. The molecule has 5 aromatic rings. The Kier molecular flexibility index (Phi) is 6.37. The first-order chi connectivity index (χ1) is 18.6. The van der Waals surface area contributed by atoms with E-state index in [4.69, 9.17) is 19.2 Å². The molecule has 192 valence electrons. The van der Waals surface area contributed by atoms with E-state index in [0.29, 0.717) is 46.6 Å².